The van der Waals surface area contributed by atoms with Crippen LogP contribution < -0.4 is 0 Å². The van der Waals surface area contributed by atoms with Gasteiger partial charge in [-0.25, -0.2) is 0 Å². The van der Waals surface area contributed by atoms with Crippen molar-refractivity contribution in [3.63, 3.8) is 0 Å². The van der Waals surface area contributed by atoms with Crippen molar-refractivity contribution in [2.75, 3.05) is 13.2 Å². The summed E-state index contributed by atoms with van der Waals surface area (Å²) >= 11 is 0. The van der Waals surface area contributed by atoms with E-state index in [1.807, 2.05) is 0 Å². The van der Waals surface area contributed by atoms with Crippen LogP contribution in [0.25, 0.3) is 0 Å². The van der Waals surface area contributed by atoms with Gasteiger partial charge in [0.25, 0.3) is 0 Å². The number of hydrogen-bond donors (Lipinski definition) is 1. The van der Waals surface area contributed by atoms with Crippen LogP contribution >= 0.6 is 0 Å². The summed E-state index contributed by atoms with van der Waals surface area (Å²) in [6.45, 7) is 1.09. The summed E-state index contributed by atoms with van der Waals surface area (Å²) in [5.41, 5.74) is 0.411. The molecule has 0 aromatic carbocycles. The molecule has 1 heterocycles. The molecule has 2 fully saturated rings. The van der Waals surface area contributed by atoms with E-state index < -0.39 is 0 Å². The summed E-state index contributed by atoms with van der Waals surface area (Å²) < 4.78 is 5.41. The minimum Gasteiger partial charge on any atom is -0.394 e. The molecule has 1 aliphatic heterocycles. The molecule has 1 saturated carbocycles. The van der Waals surface area contributed by atoms with Crippen molar-refractivity contribution < 1.29 is 9.84 Å². The molecule has 0 aromatic heterocycles. The van der Waals surface area contributed by atoms with E-state index in [1.54, 1.807) is 0 Å². The number of aliphatic hydroxyl groups is 1. The lowest BCUT2D eigenvalue weighted by Gasteiger charge is -2.41. The standard InChI is InChI=1S/C8H14O2/c9-6-7-8(2-1-3-8)4-5-10-7/h7,9H,1-6H2. The van der Waals surface area contributed by atoms with E-state index in [1.165, 1.54) is 25.7 Å². The van der Waals surface area contributed by atoms with Gasteiger partial charge in [-0.15, -0.1) is 0 Å². The largest absolute Gasteiger partial charge is 0.394 e. The zero-order chi connectivity index (χ0) is 7.03. The van der Waals surface area contributed by atoms with Gasteiger partial charge in [-0.1, -0.05) is 6.42 Å². The Bertz CT molecular complexity index is 129. The molecule has 0 aromatic rings. The second-order valence-corrected chi connectivity index (χ2v) is 3.51. The molecule has 2 nitrogen and oxygen atoms in total. The van der Waals surface area contributed by atoms with Crippen molar-refractivity contribution in [3.05, 3.63) is 0 Å². The maximum Gasteiger partial charge on any atom is 0.0862 e. The predicted molar refractivity (Wildman–Crippen MR) is 37.7 cm³/mol. The van der Waals surface area contributed by atoms with Gasteiger partial charge in [-0.05, 0) is 19.3 Å². The molecule has 2 aliphatic rings. The highest BCUT2D eigenvalue weighted by atomic mass is 16.5. The summed E-state index contributed by atoms with van der Waals surface area (Å²) in [6.07, 6.45) is 5.23. The van der Waals surface area contributed by atoms with Crippen LogP contribution in [0, 0.1) is 5.41 Å². The number of aliphatic hydroxyl groups excluding tert-OH is 1. The second kappa shape index (κ2) is 2.21. The van der Waals surface area contributed by atoms with Crippen LogP contribution in [0.15, 0.2) is 0 Å². The van der Waals surface area contributed by atoms with Gasteiger partial charge in [0.1, 0.15) is 0 Å². The highest BCUT2D eigenvalue weighted by Crippen LogP contribution is 2.50. The summed E-state index contributed by atoms with van der Waals surface area (Å²) in [7, 11) is 0. The van der Waals surface area contributed by atoms with E-state index in [0.717, 1.165) is 6.61 Å². The number of hydrogen-bond acceptors (Lipinski definition) is 2. The Labute approximate surface area is 61.2 Å². The topological polar surface area (TPSA) is 29.5 Å². The van der Waals surface area contributed by atoms with Gasteiger partial charge in [0.15, 0.2) is 0 Å². The van der Waals surface area contributed by atoms with E-state index in [0.29, 0.717) is 5.41 Å². The molecule has 0 bridgehead atoms. The van der Waals surface area contributed by atoms with Crippen molar-refractivity contribution >= 4 is 0 Å². The average Bonchev–Trinajstić information content (AvgIpc) is 2.27. The van der Waals surface area contributed by atoms with Crippen LogP contribution in [0.3, 0.4) is 0 Å². The van der Waals surface area contributed by atoms with Crippen molar-refractivity contribution in [1.29, 1.82) is 0 Å². The SMILES string of the molecule is OCC1OCCC12CCC2. The average molecular weight is 142 g/mol. The quantitative estimate of drug-likeness (QED) is 0.590. The van der Waals surface area contributed by atoms with Crippen LogP contribution in [0.4, 0.5) is 0 Å². The first-order valence-corrected chi connectivity index (χ1v) is 4.10. The fraction of sp³-hybridized carbons (Fsp3) is 1.00. The third-order valence-corrected chi connectivity index (χ3v) is 3.12. The van der Waals surface area contributed by atoms with Gasteiger partial charge in [-0.2, -0.15) is 0 Å². The van der Waals surface area contributed by atoms with Gasteiger partial charge >= 0.3 is 0 Å². The molecular weight excluding hydrogens is 128 g/mol. The van der Waals surface area contributed by atoms with Gasteiger partial charge in [-0.3, -0.25) is 0 Å². The first kappa shape index (κ1) is 6.62. The molecule has 1 aliphatic carbocycles. The highest BCUT2D eigenvalue weighted by molar-refractivity contribution is 4.97. The van der Waals surface area contributed by atoms with Crippen LogP contribution in [-0.2, 0) is 4.74 Å². The van der Waals surface area contributed by atoms with Crippen molar-refractivity contribution in [3.8, 4) is 0 Å². The van der Waals surface area contributed by atoms with Gasteiger partial charge in [0, 0.05) is 12.0 Å². The van der Waals surface area contributed by atoms with Crippen molar-refractivity contribution in [2.45, 2.75) is 31.8 Å². The molecule has 0 amide bonds. The van der Waals surface area contributed by atoms with E-state index in [4.69, 9.17) is 9.84 Å². The van der Waals surface area contributed by atoms with Crippen LogP contribution in [-0.4, -0.2) is 24.4 Å². The minimum absolute atomic E-state index is 0.168. The smallest absolute Gasteiger partial charge is 0.0862 e. The maximum atomic E-state index is 8.94. The van der Waals surface area contributed by atoms with Crippen molar-refractivity contribution in [1.82, 2.24) is 0 Å². The fourth-order valence-corrected chi connectivity index (χ4v) is 2.19. The Balaban J connectivity index is 2.05. The van der Waals surface area contributed by atoms with E-state index in [2.05, 4.69) is 0 Å². The van der Waals surface area contributed by atoms with Gasteiger partial charge in [0.2, 0.25) is 0 Å². The number of rotatable bonds is 1. The Morgan fingerprint density at radius 1 is 1.40 bits per heavy atom. The van der Waals surface area contributed by atoms with Crippen molar-refractivity contribution in [2.24, 2.45) is 5.41 Å². The van der Waals surface area contributed by atoms with Crippen LogP contribution in [0.5, 0.6) is 0 Å². The van der Waals surface area contributed by atoms with E-state index in [-0.39, 0.29) is 12.7 Å². The summed E-state index contributed by atoms with van der Waals surface area (Å²) in [4.78, 5) is 0. The normalized spacial score (nSPS) is 36.3. The second-order valence-electron chi connectivity index (χ2n) is 3.51. The molecule has 10 heavy (non-hydrogen) atoms. The Hall–Kier alpha value is -0.0800. The van der Waals surface area contributed by atoms with E-state index in [9.17, 15) is 0 Å². The Morgan fingerprint density at radius 3 is 2.60 bits per heavy atom. The molecule has 58 valence electrons. The molecule has 2 rings (SSSR count). The molecule has 1 atom stereocenters. The molecule has 1 spiro atoms. The lowest BCUT2D eigenvalue weighted by Crippen LogP contribution is -2.39. The lowest BCUT2D eigenvalue weighted by molar-refractivity contribution is -0.0305. The summed E-state index contributed by atoms with van der Waals surface area (Å²) in [5.74, 6) is 0. The third kappa shape index (κ3) is 0.722. The minimum atomic E-state index is 0.168. The summed E-state index contributed by atoms with van der Waals surface area (Å²) in [5, 5.41) is 8.94. The zero-order valence-corrected chi connectivity index (χ0v) is 6.18. The van der Waals surface area contributed by atoms with Crippen LogP contribution in [0.2, 0.25) is 0 Å². The molecule has 1 unspecified atom stereocenters. The Kier molecular flexibility index (Phi) is 1.46. The Morgan fingerprint density at radius 2 is 2.20 bits per heavy atom. The first-order chi connectivity index (χ1) is 4.87. The fourth-order valence-electron chi connectivity index (χ4n) is 2.19. The zero-order valence-electron chi connectivity index (χ0n) is 6.18. The number of ether oxygens (including phenoxy) is 1. The van der Waals surface area contributed by atoms with E-state index >= 15 is 0 Å². The molecule has 1 N–H and O–H groups in total. The summed E-state index contributed by atoms with van der Waals surface area (Å²) in [6, 6.07) is 0. The third-order valence-electron chi connectivity index (χ3n) is 3.12. The monoisotopic (exact) mass is 142 g/mol. The first-order valence-electron chi connectivity index (χ1n) is 4.10. The van der Waals surface area contributed by atoms with Crippen LogP contribution in [0.1, 0.15) is 25.7 Å². The highest BCUT2D eigenvalue weighted by Gasteiger charge is 2.47. The van der Waals surface area contributed by atoms with Gasteiger partial charge < -0.3 is 9.84 Å². The lowest BCUT2D eigenvalue weighted by atomic mass is 9.65. The van der Waals surface area contributed by atoms with Gasteiger partial charge in [0.05, 0.1) is 12.7 Å². The predicted octanol–water partition coefficient (Wildman–Crippen LogP) is 0.938. The molecular formula is C8H14O2. The maximum absolute atomic E-state index is 8.94. The molecule has 0 radical (unpaired) electrons. The molecule has 2 heteroatoms. The molecule has 1 saturated heterocycles.